The molecule has 1 aliphatic carbocycles. The number of para-hydroxylation sites is 2. The number of carbonyl (C=O) groups excluding carboxylic acids is 2. The van der Waals surface area contributed by atoms with E-state index in [4.69, 9.17) is 10.5 Å². The lowest BCUT2D eigenvalue weighted by Crippen LogP contribution is -2.40. The first-order valence-electron chi connectivity index (χ1n) is 9.01. The molecule has 0 aromatic heterocycles. The second kappa shape index (κ2) is 9.42. The van der Waals surface area contributed by atoms with Crippen LogP contribution < -0.4 is 15.8 Å². The zero-order valence-electron chi connectivity index (χ0n) is 15.2. The number of methoxy groups -OCH3 is 1. The molecule has 0 bridgehead atoms. The summed E-state index contributed by atoms with van der Waals surface area (Å²) in [5.74, 6) is 0.631. The van der Waals surface area contributed by atoms with Crippen molar-refractivity contribution >= 4 is 17.5 Å². The minimum Gasteiger partial charge on any atom is -0.495 e. The van der Waals surface area contributed by atoms with Crippen molar-refractivity contribution in [2.45, 2.75) is 45.1 Å². The molecular formula is C19H29N3O3. The van der Waals surface area contributed by atoms with Crippen LogP contribution in [0.1, 0.15) is 39.0 Å². The maximum absolute atomic E-state index is 12.6. The predicted molar refractivity (Wildman–Crippen MR) is 98.4 cm³/mol. The van der Waals surface area contributed by atoms with Crippen LogP contribution in [0.15, 0.2) is 24.3 Å². The molecule has 1 aromatic carbocycles. The zero-order valence-corrected chi connectivity index (χ0v) is 15.2. The van der Waals surface area contributed by atoms with Crippen molar-refractivity contribution in [3.8, 4) is 5.75 Å². The molecule has 6 heteroatoms. The van der Waals surface area contributed by atoms with Gasteiger partial charge in [-0.05, 0) is 37.3 Å². The molecule has 25 heavy (non-hydrogen) atoms. The van der Waals surface area contributed by atoms with Gasteiger partial charge in [0.15, 0.2) is 0 Å². The highest BCUT2D eigenvalue weighted by atomic mass is 16.5. The lowest BCUT2D eigenvalue weighted by atomic mass is 9.99. The van der Waals surface area contributed by atoms with E-state index in [9.17, 15) is 9.59 Å². The van der Waals surface area contributed by atoms with Crippen LogP contribution in [0, 0.1) is 5.92 Å². The first kappa shape index (κ1) is 19.2. The van der Waals surface area contributed by atoms with Crippen LogP contribution in [-0.2, 0) is 9.59 Å². The number of benzene rings is 1. The molecule has 1 fully saturated rings. The number of nitrogens with zero attached hydrogens (tertiary/aromatic N) is 1. The summed E-state index contributed by atoms with van der Waals surface area (Å²) in [7, 11) is 1.56. The van der Waals surface area contributed by atoms with Crippen LogP contribution in [-0.4, -0.2) is 43.0 Å². The third kappa shape index (κ3) is 5.46. The molecule has 0 spiro atoms. The standard InChI is InChI=1S/C19H29N3O3/c1-3-11-22(19(24)12-14-7-6-8-15(14)20)13-18(23)21-16-9-4-5-10-17(16)25-2/h4-5,9-10,14-15H,3,6-8,11-13,20H2,1-2H3,(H,21,23)/t14-,15+/m0/s1. The van der Waals surface area contributed by atoms with Gasteiger partial charge in [0.2, 0.25) is 11.8 Å². The first-order valence-corrected chi connectivity index (χ1v) is 9.01. The van der Waals surface area contributed by atoms with Crippen LogP contribution in [0.2, 0.25) is 0 Å². The number of amides is 2. The van der Waals surface area contributed by atoms with E-state index < -0.39 is 0 Å². The second-order valence-corrected chi connectivity index (χ2v) is 6.62. The Balaban J connectivity index is 1.95. The summed E-state index contributed by atoms with van der Waals surface area (Å²) in [6.07, 6.45) is 4.31. The Morgan fingerprint density at radius 2 is 2.08 bits per heavy atom. The smallest absolute Gasteiger partial charge is 0.244 e. The fraction of sp³-hybridized carbons (Fsp3) is 0.579. The van der Waals surface area contributed by atoms with Crippen molar-refractivity contribution in [2.75, 3.05) is 25.5 Å². The third-order valence-corrected chi connectivity index (χ3v) is 4.72. The van der Waals surface area contributed by atoms with E-state index in [2.05, 4.69) is 5.32 Å². The number of hydrogen-bond acceptors (Lipinski definition) is 4. The van der Waals surface area contributed by atoms with Gasteiger partial charge in [-0.25, -0.2) is 0 Å². The SMILES string of the molecule is CCCN(CC(=O)Nc1ccccc1OC)C(=O)C[C@@H]1CCC[C@H]1N. The molecule has 1 saturated carbocycles. The van der Waals surface area contributed by atoms with Crippen LogP contribution in [0.5, 0.6) is 5.75 Å². The molecule has 2 rings (SSSR count). The lowest BCUT2D eigenvalue weighted by Gasteiger charge is -2.24. The van der Waals surface area contributed by atoms with Crippen molar-refractivity contribution in [1.82, 2.24) is 4.90 Å². The van der Waals surface area contributed by atoms with Crippen LogP contribution in [0.4, 0.5) is 5.69 Å². The molecule has 3 N–H and O–H groups in total. The Morgan fingerprint density at radius 3 is 2.72 bits per heavy atom. The maximum Gasteiger partial charge on any atom is 0.244 e. The minimum atomic E-state index is -0.220. The molecule has 6 nitrogen and oxygen atoms in total. The van der Waals surface area contributed by atoms with Crippen molar-refractivity contribution in [1.29, 1.82) is 0 Å². The Hall–Kier alpha value is -2.08. The number of anilines is 1. The summed E-state index contributed by atoms with van der Waals surface area (Å²) < 4.78 is 5.24. The Bertz CT molecular complexity index is 591. The number of carbonyl (C=O) groups is 2. The molecule has 138 valence electrons. The van der Waals surface area contributed by atoms with Crippen molar-refractivity contribution in [2.24, 2.45) is 11.7 Å². The van der Waals surface area contributed by atoms with E-state index in [1.807, 2.05) is 19.1 Å². The van der Waals surface area contributed by atoms with Crippen LogP contribution >= 0.6 is 0 Å². The van der Waals surface area contributed by atoms with Gasteiger partial charge in [-0.15, -0.1) is 0 Å². The van der Waals surface area contributed by atoms with Crippen molar-refractivity contribution < 1.29 is 14.3 Å². The van der Waals surface area contributed by atoms with E-state index in [1.165, 1.54) is 0 Å². The molecule has 1 aromatic rings. The van der Waals surface area contributed by atoms with E-state index in [0.29, 0.717) is 24.4 Å². The predicted octanol–water partition coefficient (Wildman–Crippen LogP) is 2.39. The fourth-order valence-corrected chi connectivity index (χ4v) is 3.35. The summed E-state index contributed by atoms with van der Waals surface area (Å²) in [4.78, 5) is 26.6. The van der Waals surface area contributed by atoms with Gasteiger partial charge in [0.05, 0.1) is 19.3 Å². The number of hydrogen-bond donors (Lipinski definition) is 2. The summed E-state index contributed by atoms with van der Waals surface area (Å²) in [6, 6.07) is 7.34. The zero-order chi connectivity index (χ0) is 18.2. The highest BCUT2D eigenvalue weighted by Crippen LogP contribution is 2.27. The molecule has 2 amide bonds. The van der Waals surface area contributed by atoms with E-state index in [0.717, 1.165) is 25.7 Å². The molecule has 1 aliphatic rings. The van der Waals surface area contributed by atoms with E-state index >= 15 is 0 Å². The Labute approximate surface area is 149 Å². The molecule has 0 radical (unpaired) electrons. The van der Waals surface area contributed by atoms with Crippen molar-refractivity contribution in [3.05, 3.63) is 24.3 Å². The van der Waals surface area contributed by atoms with Gasteiger partial charge < -0.3 is 20.7 Å². The van der Waals surface area contributed by atoms with Gasteiger partial charge in [0, 0.05) is 19.0 Å². The fourth-order valence-electron chi connectivity index (χ4n) is 3.35. The average molecular weight is 347 g/mol. The molecule has 0 heterocycles. The molecule has 0 aliphatic heterocycles. The molecule has 0 saturated heterocycles. The molecule has 0 unspecified atom stereocenters. The highest BCUT2D eigenvalue weighted by Gasteiger charge is 2.28. The minimum absolute atomic E-state index is 0.0133. The van der Waals surface area contributed by atoms with Crippen molar-refractivity contribution in [3.63, 3.8) is 0 Å². The number of ether oxygens (including phenoxy) is 1. The monoisotopic (exact) mass is 347 g/mol. The molecular weight excluding hydrogens is 318 g/mol. The van der Waals surface area contributed by atoms with Gasteiger partial charge >= 0.3 is 0 Å². The molecule has 2 atom stereocenters. The quantitative estimate of drug-likeness (QED) is 0.756. The highest BCUT2D eigenvalue weighted by molar-refractivity contribution is 5.95. The number of nitrogens with one attached hydrogen (secondary N) is 1. The van der Waals surface area contributed by atoms with Gasteiger partial charge in [0.1, 0.15) is 5.75 Å². The van der Waals surface area contributed by atoms with Gasteiger partial charge in [0.25, 0.3) is 0 Å². The largest absolute Gasteiger partial charge is 0.495 e. The van der Waals surface area contributed by atoms with Gasteiger partial charge in [-0.1, -0.05) is 25.5 Å². The van der Waals surface area contributed by atoms with Crippen LogP contribution in [0.3, 0.4) is 0 Å². The van der Waals surface area contributed by atoms with Gasteiger partial charge in [-0.2, -0.15) is 0 Å². The summed E-state index contributed by atoms with van der Waals surface area (Å²) in [5.41, 5.74) is 6.68. The average Bonchev–Trinajstić information content (AvgIpc) is 2.99. The van der Waals surface area contributed by atoms with Crippen LogP contribution in [0.25, 0.3) is 0 Å². The summed E-state index contributed by atoms with van der Waals surface area (Å²) >= 11 is 0. The summed E-state index contributed by atoms with van der Waals surface area (Å²) in [6.45, 7) is 2.62. The topological polar surface area (TPSA) is 84.7 Å². The van der Waals surface area contributed by atoms with E-state index in [1.54, 1.807) is 24.1 Å². The lowest BCUT2D eigenvalue weighted by molar-refractivity contribution is -0.135. The second-order valence-electron chi connectivity index (χ2n) is 6.62. The third-order valence-electron chi connectivity index (χ3n) is 4.72. The summed E-state index contributed by atoms with van der Waals surface area (Å²) in [5, 5.41) is 2.83. The number of rotatable bonds is 8. The normalized spacial score (nSPS) is 19.5. The Kier molecular flexibility index (Phi) is 7.25. The number of nitrogens with two attached hydrogens (primary N) is 1. The van der Waals surface area contributed by atoms with Gasteiger partial charge in [-0.3, -0.25) is 9.59 Å². The maximum atomic E-state index is 12.6. The van der Waals surface area contributed by atoms with E-state index in [-0.39, 0.29) is 30.3 Å². The first-order chi connectivity index (χ1) is 12.0. The Morgan fingerprint density at radius 1 is 1.32 bits per heavy atom.